The van der Waals surface area contributed by atoms with Crippen molar-refractivity contribution in [2.75, 3.05) is 11.4 Å². The summed E-state index contributed by atoms with van der Waals surface area (Å²) in [6.07, 6.45) is 0.630. The van der Waals surface area contributed by atoms with E-state index in [2.05, 4.69) is 5.32 Å². The molecule has 22 heavy (non-hydrogen) atoms. The number of anilines is 1. The summed E-state index contributed by atoms with van der Waals surface area (Å²) >= 11 is 0. The molecule has 1 aliphatic heterocycles. The monoisotopic (exact) mass is 294 g/mol. The Morgan fingerprint density at radius 1 is 1.14 bits per heavy atom. The van der Waals surface area contributed by atoms with E-state index in [1.54, 1.807) is 11.0 Å². The Morgan fingerprint density at radius 2 is 1.91 bits per heavy atom. The number of para-hydroxylation sites is 1. The number of nitrogens with one attached hydrogen (secondary N) is 1. The lowest BCUT2D eigenvalue weighted by atomic mass is 10.1. The molecule has 1 unspecified atom stereocenters. The van der Waals surface area contributed by atoms with Gasteiger partial charge in [0, 0.05) is 17.8 Å². The second kappa shape index (κ2) is 6.02. The summed E-state index contributed by atoms with van der Waals surface area (Å²) in [4.78, 5) is 26.4. The topological polar surface area (TPSA) is 49.4 Å². The van der Waals surface area contributed by atoms with Crippen LogP contribution in [0, 0.1) is 6.92 Å². The number of rotatable bonds is 3. The van der Waals surface area contributed by atoms with E-state index in [-0.39, 0.29) is 11.8 Å². The van der Waals surface area contributed by atoms with Gasteiger partial charge >= 0.3 is 0 Å². The molecule has 3 rings (SSSR count). The number of benzene rings is 2. The Hall–Kier alpha value is -2.62. The molecular weight excluding hydrogens is 276 g/mol. The second-order valence-corrected chi connectivity index (χ2v) is 5.51. The number of aryl methyl sites for hydroxylation is 1. The highest BCUT2D eigenvalue weighted by atomic mass is 16.2. The number of amides is 2. The Bertz CT molecular complexity index is 697. The first kappa shape index (κ1) is 14.3. The van der Waals surface area contributed by atoms with Crippen LogP contribution in [-0.2, 0) is 4.79 Å². The van der Waals surface area contributed by atoms with Crippen LogP contribution in [0.3, 0.4) is 0 Å². The minimum Gasteiger partial charge on any atom is -0.340 e. The molecule has 1 heterocycles. The van der Waals surface area contributed by atoms with Crippen molar-refractivity contribution in [1.82, 2.24) is 5.32 Å². The number of carbonyl (C=O) groups excluding carboxylic acids is 2. The summed E-state index contributed by atoms with van der Waals surface area (Å²) in [7, 11) is 0. The molecule has 0 aromatic heterocycles. The average molecular weight is 294 g/mol. The van der Waals surface area contributed by atoms with Crippen molar-refractivity contribution in [1.29, 1.82) is 0 Å². The van der Waals surface area contributed by atoms with Gasteiger partial charge in [0.25, 0.3) is 5.91 Å². The van der Waals surface area contributed by atoms with Crippen molar-refractivity contribution >= 4 is 17.5 Å². The van der Waals surface area contributed by atoms with Crippen LogP contribution in [0.25, 0.3) is 0 Å². The van der Waals surface area contributed by atoms with Crippen molar-refractivity contribution in [3.63, 3.8) is 0 Å². The fourth-order valence-corrected chi connectivity index (χ4v) is 2.71. The molecule has 2 amide bonds. The largest absolute Gasteiger partial charge is 0.340 e. The van der Waals surface area contributed by atoms with Crippen molar-refractivity contribution in [3.05, 3.63) is 65.7 Å². The molecule has 1 aliphatic rings. The molecule has 1 atom stereocenters. The van der Waals surface area contributed by atoms with Crippen LogP contribution in [0.2, 0.25) is 0 Å². The van der Waals surface area contributed by atoms with E-state index >= 15 is 0 Å². The highest BCUT2D eigenvalue weighted by Crippen LogP contribution is 2.21. The van der Waals surface area contributed by atoms with Gasteiger partial charge in [-0.2, -0.15) is 0 Å². The van der Waals surface area contributed by atoms with Crippen molar-refractivity contribution in [2.24, 2.45) is 0 Å². The highest BCUT2D eigenvalue weighted by molar-refractivity contribution is 6.03. The van der Waals surface area contributed by atoms with Crippen LogP contribution in [0.4, 0.5) is 5.69 Å². The maximum atomic E-state index is 12.5. The molecule has 4 nitrogen and oxygen atoms in total. The zero-order valence-corrected chi connectivity index (χ0v) is 12.5. The van der Waals surface area contributed by atoms with Crippen LogP contribution < -0.4 is 10.2 Å². The van der Waals surface area contributed by atoms with E-state index in [9.17, 15) is 9.59 Å². The van der Waals surface area contributed by atoms with Crippen LogP contribution in [-0.4, -0.2) is 24.4 Å². The second-order valence-electron chi connectivity index (χ2n) is 5.51. The molecule has 0 aliphatic carbocycles. The molecule has 1 saturated heterocycles. The van der Waals surface area contributed by atoms with Crippen molar-refractivity contribution in [3.8, 4) is 0 Å². The molecule has 2 aromatic rings. The summed E-state index contributed by atoms with van der Waals surface area (Å²) in [6, 6.07) is 16.5. The molecule has 0 radical (unpaired) electrons. The van der Waals surface area contributed by atoms with Crippen molar-refractivity contribution < 1.29 is 9.59 Å². The van der Waals surface area contributed by atoms with Gasteiger partial charge < -0.3 is 10.2 Å². The normalized spacial score (nSPS) is 17.6. The minimum atomic E-state index is -0.451. The van der Waals surface area contributed by atoms with Gasteiger partial charge in [0.1, 0.15) is 6.04 Å². The Balaban J connectivity index is 1.70. The number of hydrogen-bond donors (Lipinski definition) is 1. The number of nitrogens with zero attached hydrogens (tertiary/aromatic N) is 1. The van der Waals surface area contributed by atoms with E-state index in [4.69, 9.17) is 0 Å². The Labute approximate surface area is 129 Å². The van der Waals surface area contributed by atoms with Crippen LogP contribution >= 0.6 is 0 Å². The lowest BCUT2D eigenvalue weighted by molar-refractivity contribution is -0.118. The predicted octanol–water partition coefficient (Wildman–Crippen LogP) is 2.53. The minimum absolute atomic E-state index is 0.0489. The molecule has 2 aromatic carbocycles. The molecule has 0 saturated carbocycles. The summed E-state index contributed by atoms with van der Waals surface area (Å²) in [6.45, 7) is 2.57. The zero-order chi connectivity index (χ0) is 15.5. The van der Waals surface area contributed by atoms with Gasteiger partial charge in [0.2, 0.25) is 5.91 Å². The third-order valence-corrected chi connectivity index (χ3v) is 3.86. The van der Waals surface area contributed by atoms with Crippen molar-refractivity contribution in [2.45, 2.75) is 19.4 Å². The fraction of sp³-hybridized carbons (Fsp3) is 0.222. The molecule has 1 N–H and O–H groups in total. The lowest BCUT2D eigenvalue weighted by Gasteiger charge is -2.17. The van der Waals surface area contributed by atoms with Gasteiger partial charge in [0.05, 0.1) is 0 Å². The Kier molecular flexibility index (Phi) is 3.92. The quantitative estimate of drug-likeness (QED) is 0.945. The SMILES string of the molecule is Cc1cccc(C(=O)NC2CCN(c3ccccc3)C2=O)c1. The smallest absolute Gasteiger partial charge is 0.251 e. The summed E-state index contributed by atoms with van der Waals surface area (Å²) in [5.41, 5.74) is 2.49. The first-order valence-electron chi connectivity index (χ1n) is 7.39. The first-order valence-corrected chi connectivity index (χ1v) is 7.39. The van der Waals surface area contributed by atoms with Gasteiger partial charge in [-0.25, -0.2) is 0 Å². The fourth-order valence-electron chi connectivity index (χ4n) is 2.71. The van der Waals surface area contributed by atoms with Crippen LogP contribution in [0.15, 0.2) is 54.6 Å². The Morgan fingerprint density at radius 3 is 2.64 bits per heavy atom. The van der Waals surface area contributed by atoms with Gasteiger partial charge in [-0.1, -0.05) is 35.9 Å². The summed E-state index contributed by atoms with van der Waals surface area (Å²) in [5.74, 6) is -0.246. The third kappa shape index (κ3) is 2.86. The van der Waals surface area contributed by atoms with E-state index < -0.39 is 6.04 Å². The maximum Gasteiger partial charge on any atom is 0.251 e. The van der Waals surface area contributed by atoms with E-state index in [1.165, 1.54) is 0 Å². The standard InChI is InChI=1S/C18H18N2O2/c1-13-6-5-7-14(12-13)17(21)19-16-10-11-20(18(16)22)15-8-3-2-4-9-15/h2-9,12,16H,10-11H2,1H3,(H,19,21). The molecule has 0 bridgehead atoms. The molecule has 4 heteroatoms. The van der Waals surface area contributed by atoms with Gasteiger partial charge in [-0.05, 0) is 37.6 Å². The van der Waals surface area contributed by atoms with E-state index in [1.807, 2.05) is 55.5 Å². The molecule has 0 spiro atoms. The zero-order valence-electron chi connectivity index (χ0n) is 12.5. The van der Waals surface area contributed by atoms with Gasteiger partial charge in [0.15, 0.2) is 0 Å². The number of hydrogen-bond acceptors (Lipinski definition) is 2. The lowest BCUT2D eigenvalue weighted by Crippen LogP contribution is -2.41. The molecule has 1 fully saturated rings. The van der Waals surface area contributed by atoms with E-state index in [0.29, 0.717) is 18.5 Å². The van der Waals surface area contributed by atoms with Crippen LogP contribution in [0.1, 0.15) is 22.3 Å². The van der Waals surface area contributed by atoms with Crippen LogP contribution in [0.5, 0.6) is 0 Å². The maximum absolute atomic E-state index is 12.5. The predicted molar refractivity (Wildman–Crippen MR) is 85.8 cm³/mol. The van der Waals surface area contributed by atoms with Gasteiger partial charge in [-0.15, -0.1) is 0 Å². The summed E-state index contributed by atoms with van der Waals surface area (Å²) in [5, 5.41) is 2.84. The molecular formula is C18H18N2O2. The summed E-state index contributed by atoms with van der Waals surface area (Å²) < 4.78 is 0. The number of carbonyl (C=O) groups is 2. The first-order chi connectivity index (χ1) is 10.6. The average Bonchev–Trinajstić information content (AvgIpc) is 2.89. The molecule has 112 valence electrons. The van der Waals surface area contributed by atoms with Gasteiger partial charge in [-0.3, -0.25) is 9.59 Å². The highest BCUT2D eigenvalue weighted by Gasteiger charge is 2.33. The third-order valence-electron chi connectivity index (χ3n) is 3.86. The van der Waals surface area contributed by atoms with E-state index in [0.717, 1.165) is 11.3 Å².